The molecule has 0 aromatic rings. The Labute approximate surface area is 85.6 Å². The van der Waals surface area contributed by atoms with Crippen LogP contribution in [0.3, 0.4) is 0 Å². The van der Waals surface area contributed by atoms with Crippen LogP contribution in [0.15, 0.2) is 0 Å². The maximum atomic E-state index is 11.4. The van der Waals surface area contributed by atoms with E-state index in [1.807, 2.05) is 0 Å². The molecule has 0 aliphatic heterocycles. The minimum Gasteiger partial charge on any atom is -0.335 e. The Morgan fingerprint density at radius 3 is 2.71 bits per heavy atom. The van der Waals surface area contributed by atoms with Crippen LogP contribution in [-0.2, 0) is 0 Å². The number of hydrogen-bond donors (Lipinski definition) is 3. The molecular weight excluding hydrogens is 178 g/mol. The zero-order valence-corrected chi connectivity index (χ0v) is 8.88. The highest BCUT2D eigenvalue weighted by molar-refractivity contribution is 5.74. The molecule has 0 aromatic heterocycles. The molecule has 4 nitrogen and oxygen atoms in total. The highest BCUT2D eigenvalue weighted by Gasteiger charge is 2.20. The van der Waals surface area contributed by atoms with Crippen molar-refractivity contribution in [1.29, 1.82) is 0 Å². The summed E-state index contributed by atoms with van der Waals surface area (Å²) in [6, 6.07) is 0.466. The number of carbonyl (C=O) groups is 1. The van der Waals surface area contributed by atoms with E-state index in [1.54, 1.807) is 0 Å². The average Bonchev–Trinajstić information content (AvgIpc) is 2.11. The molecule has 82 valence electrons. The van der Waals surface area contributed by atoms with E-state index >= 15 is 0 Å². The second-order valence-corrected chi connectivity index (χ2v) is 3.97. The monoisotopic (exact) mass is 199 g/mol. The van der Waals surface area contributed by atoms with Gasteiger partial charge in [0, 0.05) is 18.6 Å². The number of hydrogen-bond acceptors (Lipinski definition) is 2. The van der Waals surface area contributed by atoms with Crippen LogP contribution in [0, 0.1) is 0 Å². The smallest absolute Gasteiger partial charge is 0.315 e. The van der Waals surface area contributed by atoms with E-state index in [-0.39, 0.29) is 12.1 Å². The molecule has 0 radical (unpaired) electrons. The van der Waals surface area contributed by atoms with Gasteiger partial charge in [0.15, 0.2) is 0 Å². The summed E-state index contributed by atoms with van der Waals surface area (Å²) in [7, 11) is 0. The van der Waals surface area contributed by atoms with Gasteiger partial charge in [-0.1, -0.05) is 13.3 Å². The third-order valence-electron chi connectivity index (χ3n) is 2.70. The summed E-state index contributed by atoms with van der Waals surface area (Å²) in [6.07, 6.45) is 5.48. The van der Waals surface area contributed by atoms with Crippen molar-refractivity contribution in [2.24, 2.45) is 5.73 Å². The summed E-state index contributed by atoms with van der Waals surface area (Å²) in [6.45, 7) is 2.61. The quantitative estimate of drug-likeness (QED) is 0.617. The second-order valence-electron chi connectivity index (χ2n) is 3.97. The Balaban J connectivity index is 2.15. The van der Waals surface area contributed by atoms with Crippen molar-refractivity contribution in [2.75, 3.05) is 6.54 Å². The fraction of sp³-hybridized carbons (Fsp3) is 0.900. The van der Waals surface area contributed by atoms with Gasteiger partial charge in [-0.3, -0.25) is 0 Å². The molecule has 2 amide bonds. The maximum absolute atomic E-state index is 11.4. The SMILES string of the molecule is CCCC(CN)NC(=O)NC1CCC1. The van der Waals surface area contributed by atoms with Crippen molar-refractivity contribution >= 4 is 6.03 Å². The third-order valence-corrected chi connectivity index (χ3v) is 2.70. The Morgan fingerprint density at radius 2 is 2.29 bits per heavy atom. The Morgan fingerprint density at radius 1 is 1.57 bits per heavy atom. The molecule has 0 heterocycles. The van der Waals surface area contributed by atoms with Crippen LogP contribution in [-0.4, -0.2) is 24.7 Å². The highest BCUT2D eigenvalue weighted by Crippen LogP contribution is 2.17. The summed E-state index contributed by atoms with van der Waals surface area (Å²) in [5.41, 5.74) is 5.54. The van der Waals surface area contributed by atoms with Gasteiger partial charge in [0.25, 0.3) is 0 Å². The Bertz CT molecular complexity index is 180. The predicted octanol–water partition coefficient (Wildman–Crippen LogP) is 0.966. The van der Waals surface area contributed by atoms with Crippen LogP contribution < -0.4 is 16.4 Å². The zero-order chi connectivity index (χ0) is 10.4. The summed E-state index contributed by atoms with van der Waals surface area (Å²) >= 11 is 0. The molecule has 4 N–H and O–H groups in total. The number of rotatable bonds is 5. The van der Waals surface area contributed by atoms with Crippen LogP contribution >= 0.6 is 0 Å². The fourth-order valence-electron chi connectivity index (χ4n) is 1.56. The lowest BCUT2D eigenvalue weighted by Gasteiger charge is -2.27. The summed E-state index contributed by atoms with van der Waals surface area (Å²) in [4.78, 5) is 11.4. The number of carbonyl (C=O) groups excluding carboxylic acids is 1. The van der Waals surface area contributed by atoms with Gasteiger partial charge in [-0.05, 0) is 25.7 Å². The average molecular weight is 199 g/mol. The van der Waals surface area contributed by atoms with Crippen LogP contribution in [0.1, 0.15) is 39.0 Å². The highest BCUT2D eigenvalue weighted by atomic mass is 16.2. The van der Waals surface area contributed by atoms with Gasteiger partial charge < -0.3 is 16.4 Å². The first-order valence-corrected chi connectivity index (χ1v) is 5.53. The van der Waals surface area contributed by atoms with E-state index in [9.17, 15) is 4.79 Å². The van der Waals surface area contributed by atoms with Crippen molar-refractivity contribution in [3.8, 4) is 0 Å². The van der Waals surface area contributed by atoms with Crippen molar-refractivity contribution in [3.05, 3.63) is 0 Å². The van der Waals surface area contributed by atoms with Crippen molar-refractivity contribution < 1.29 is 4.79 Å². The van der Waals surface area contributed by atoms with Gasteiger partial charge in [-0.2, -0.15) is 0 Å². The fourth-order valence-corrected chi connectivity index (χ4v) is 1.56. The van der Waals surface area contributed by atoms with Gasteiger partial charge in [0.2, 0.25) is 0 Å². The molecule has 0 saturated heterocycles. The number of nitrogens with two attached hydrogens (primary N) is 1. The Kier molecular flexibility index (Phi) is 4.73. The van der Waals surface area contributed by atoms with Gasteiger partial charge in [-0.15, -0.1) is 0 Å². The molecule has 14 heavy (non-hydrogen) atoms. The van der Waals surface area contributed by atoms with E-state index in [2.05, 4.69) is 17.6 Å². The van der Waals surface area contributed by atoms with E-state index < -0.39 is 0 Å². The van der Waals surface area contributed by atoms with Crippen molar-refractivity contribution in [3.63, 3.8) is 0 Å². The summed E-state index contributed by atoms with van der Waals surface area (Å²) in [5, 5.41) is 5.83. The molecule has 0 bridgehead atoms. The molecule has 1 saturated carbocycles. The summed E-state index contributed by atoms with van der Waals surface area (Å²) in [5.74, 6) is 0. The molecule has 1 aliphatic carbocycles. The molecule has 1 atom stereocenters. The number of nitrogens with one attached hydrogen (secondary N) is 2. The maximum Gasteiger partial charge on any atom is 0.315 e. The van der Waals surface area contributed by atoms with E-state index in [1.165, 1.54) is 6.42 Å². The minimum atomic E-state index is -0.0569. The van der Waals surface area contributed by atoms with Gasteiger partial charge >= 0.3 is 6.03 Å². The first kappa shape index (κ1) is 11.3. The zero-order valence-electron chi connectivity index (χ0n) is 8.88. The summed E-state index contributed by atoms with van der Waals surface area (Å²) < 4.78 is 0. The van der Waals surface area contributed by atoms with Crippen LogP contribution in [0.25, 0.3) is 0 Å². The normalized spacial score (nSPS) is 18.4. The molecule has 1 rings (SSSR count). The van der Waals surface area contributed by atoms with Gasteiger partial charge in [0.05, 0.1) is 0 Å². The van der Waals surface area contributed by atoms with Gasteiger partial charge in [-0.25, -0.2) is 4.79 Å². The lowest BCUT2D eigenvalue weighted by molar-refractivity contribution is 0.224. The molecule has 1 aliphatic rings. The molecule has 1 fully saturated rings. The first-order chi connectivity index (χ1) is 6.76. The van der Waals surface area contributed by atoms with Crippen molar-refractivity contribution in [1.82, 2.24) is 10.6 Å². The predicted molar refractivity (Wildman–Crippen MR) is 57.1 cm³/mol. The first-order valence-electron chi connectivity index (χ1n) is 5.53. The molecular formula is C10H21N3O. The Hall–Kier alpha value is -0.770. The van der Waals surface area contributed by atoms with E-state index in [0.717, 1.165) is 25.7 Å². The van der Waals surface area contributed by atoms with Crippen LogP contribution in [0.2, 0.25) is 0 Å². The molecule has 1 unspecified atom stereocenters. The van der Waals surface area contributed by atoms with Crippen LogP contribution in [0.5, 0.6) is 0 Å². The second kappa shape index (κ2) is 5.86. The molecule has 0 aromatic carbocycles. The van der Waals surface area contributed by atoms with Crippen LogP contribution in [0.4, 0.5) is 4.79 Å². The lowest BCUT2D eigenvalue weighted by Crippen LogP contribution is -2.50. The lowest BCUT2D eigenvalue weighted by atomic mass is 9.93. The minimum absolute atomic E-state index is 0.0569. The topological polar surface area (TPSA) is 67.1 Å². The standard InChI is InChI=1S/C10H21N3O/c1-2-4-9(7-11)13-10(14)12-8-5-3-6-8/h8-9H,2-7,11H2,1H3,(H2,12,13,14). The largest absolute Gasteiger partial charge is 0.335 e. The molecule has 0 spiro atoms. The van der Waals surface area contributed by atoms with E-state index in [0.29, 0.717) is 12.6 Å². The number of amides is 2. The van der Waals surface area contributed by atoms with Crippen molar-refractivity contribution in [2.45, 2.75) is 51.1 Å². The van der Waals surface area contributed by atoms with Gasteiger partial charge in [0.1, 0.15) is 0 Å². The van der Waals surface area contributed by atoms with E-state index in [4.69, 9.17) is 5.73 Å². The molecule has 4 heteroatoms. The number of urea groups is 1. The third kappa shape index (κ3) is 3.54.